The molecule has 0 aromatic heterocycles. The van der Waals surface area contributed by atoms with Crippen molar-refractivity contribution in [2.75, 3.05) is 17.2 Å². The van der Waals surface area contributed by atoms with Crippen LogP contribution in [0.5, 0.6) is 5.75 Å². The average Bonchev–Trinajstić information content (AvgIpc) is 2.60. The molecule has 1 heterocycles. The monoisotopic (exact) mass is 342 g/mol. The number of anilines is 2. The summed E-state index contributed by atoms with van der Waals surface area (Å²) in [6, 6.07) is 10.2. The number of nitrogens with one attached hydrogen (secondary N) is 2. The maximum absolute atomic E-state index is 12.9. The Bertz CT molecular complexity index is 833. The van der Waals surface area contributed by atoms with Gasteiger partial charge in [0.2, 0.25) is 5.91 Å². The van der Waals surface area contributed by atoms with E-state index in [4.69, 9.17) is 4.74 Å². The first-order chi connectivity index (χ1) is 12.0. The van der Waals surface area contributed by atoms with Gasteiger partial charge < -0.3 is 15.4 Å². The summed E-state index contributed by atoms with van der Waals surface area (Å²) in [5.74, 6) is -0.894. The van der Waals surface area contributed by atoms with Gasteiger partial charge in [-0.2, -0.15) is 0 Å². The highest BCUT2D eigenvalue weighted by atomic mass is 19.1. The fourth-order valence-corrected chi connectivity index (χ4v) is 2.43. The summed E-state index contributed by atoms with van der Waals surface area (Å²) in [5, 5.41) is 5.32. The Kier molecular flexibility index (Phi) is 4.74. The molecule has 0 aliphatic carbocycles. The molecule has 0 unspecified atom stereocenters. The molecule has 3 rings (SSSR count). The quantitative estimate of drug-likeness (QED) is 0.818. The third kappa shape index (κ3) is 4.00. The smallest absolute Gasteiger partial charge is 0.262 e. The Morgan fingerprint density at radius 1 is 1.12 bits per heavy atom. The molecule has 0 saturated carbocycles. The molecule has 25 heavy (non-hydrogen) atoms. The lowest BCUT2D eigenvalue weighted by atomic mass is 10.1. The van der Waals surface area contributed by atoms with Crippen LogP contribution < -0.4 is 15.4 Å². The second-order valence-electron chi connectivity index (χ2n) is 5.50. The second-order valence-corrected chi connectivity index (χ2v) is 5.50. The predicted octanol–water partition coefficient (Wildman–Crippen LogP) is 2.76. The maximum atomic E-state index is 12.9. The molecular weight excluding hydrogens is 327 g/mol. The third-order valence-electron chi connectivity index (χ3n) is 3.66. The van der Waals surface area contributed by atoms with Gasteiger partial charge in [0.25, 0.3) is 5.91 Å². The van der Waals surface area contributed by atoms with Crippen molar-refractivity contribution >= 4 is 29.0 Å². The van der Waals surface area contributed by atoms with Gasteiger partial charge >= 0.3 is 0 Å². The molecule has 2 aromatic carbocycles. The molecule has 2 amide bonds. The van der Waals surface area contributed by atoms with Crippen LogP contribution in [0, 0.1) is 5.82 Å². The van der Waals surface area contributed by atoms with Crippen LogP contribution in [0.4, 0.5) is 15.8 Å². The fraction of sp³-hybridized carbons (Fsp3) is 0.167. The standard InChI is InChI=1S/C18H15FN2O4/c19-12-6-4-11(5-7-12)15(22)8-9-16(23)20-13-2-1-3-14-18(13)25-10-17(24)21-14/h1-7H,8-10H2,(H,20,23)(H,21,24). The zero-order chi connectivity index (χ0) is 17.8. The second kappa shape index (κ2) is 7.12. The summed E-state index contributed by atoms with van der Waals surface area (Å²) < 4.78 is 18.2. The van der Waals surface area contributed by atoms with E-state index in [0.29, 0.717) is 22.7 Å². The predicted molar refractivity (Wildman–Crippen MR) is 89.2 cm³/mol. The molecule has 0 atom stereocenters. The minimum Gasteiger partial charge on any atom is -0.479 e. The molecule has 0 bridgehead atoms. The summed E-state index contributed by atoms with van der Waals surface area (Å²) >= 11 is 0. The summed E-state index contributed by atoms with van der Waals surface area (Å²) in [6.07, 6.45) is -0.0175. The first-order valence-electron chi connectivity index (χ1n) is 7.67. The first kappa shape index (κ1) is 16.6. The highest BCUT2D eigenvalue weighted by Gasteiger charge is 2.20. The molecule has 2 N–H and O–H groups in total. The van der Waals surface area contributed by atoms with Gasteiger partial charge in [-0.15, -0.1) is 0 Å². The van der Waals surface area contributed by atoms with Gasteiger partial charge in [-0.05, 0) is 36.4 Å². The van der Waals surface area contributed by atoms with E-state index in [1.807, 2.05) is 0 Å². The van der Waals surface area contributed by atoms with Crippen LogP contribution in [-0.2, 0) is 9.59 Å². The SMILES string of the molecule is O=C(CCC(=O)c1ccc(F)cc1)Nc1cccc2c1OCC(=O)N2. The number of amides is 2. The van der Waals surface area contributed by atoms with Crippen molar-refractivity contribution in [3.8, 4) is 5.75 Å². The zero-order valence-corrected chi connectivity index (χ0v) is 13.2. The topological polar surface area (TPSA) is 84.5 Å². The normalized spacial score (nSPS) is 12.6. The molecule has 6 nitrogen and oxygen atoms in total. The van der Waals surface area contributed by atoms with Gasteiger partial charge in [0.05, 0.1) is 11.4 Å². The number of carbonyl (C=O) groups is 3. The van der Waals surface area contributed by atoms with Crippen molar-refractivity contribution in [1.29, 1.82) is 0 Å². The molecule has 1 aliphatic rings. The lowest BCUT2D eigenvalue weighted by molar-refractivity contribution is -0.118. The van der Waals surface area contributed by atoms with E-state index < -0.39 is 5.82 Å². The number of ketones is 1. The molecule has 0 spiro atoms. The molecule has 0 fully saturated rings. The minimum absolute atomic E-state index is 0.00405. The minimum atomic E-state index is -0.421. The molecule has 0 radical (unpaired) electrons. The number of hydrogen-bond acceptors (Lipinski definition) is 4. The van der Waals surface area contributed by atoms with E-state index in [-0.39, 0.29) is 37.0 Å². The summed E-state index contributed by atoms with van der Waals surface area (Å²) in [5.41, 5.74) is 1.27. The third-order valence-corrected chi connectivity index (χ3v) is 3.66. The Morgan fingerprint density at radius 2 is 1.88 bits per heavy atom. The average molecular weight is 342 g/mol. The van der Waals surface area contributed by atoms with Crippen LogP contribution in [0.1, 0.15) is 23.2 Å². The lowest BCUT2D eigenvalue weighted by Gasteiger charge is -2.20. The van der Waals surface area contributed by atoms with Crippen LogP contribution in [0.15, 0.2) is 42.5 Å². The van der Waals surface area contributed by atoms with E-state index in [9.17, 15) is 18.8 Å². The van der Waals surface area contributed by atoms with E-state index >= 15 is 0 Å². The highest BCUT2D eigenvalue weighted by molar-refractivity contribution is 6.02. The van der Waals surface area contributed by atoms with Gasteiger partial charge in [0.1, 0.15) is 5.82 Å². The Labute approximate surface area is 143 Å². The summed E-state index contributed by atoms with van der Waals surface area (Å²) in [7, 11) is 0. The lowest BCUT2D eigenvalue weighted by Crippen LogP contribution is -2.26. The number of fused-ring (bicyclic) bond motifs is 1. The molecule has 128 valence electrons. The van der Waals surface area contributed by atoms with Crippen LogP contribution in [-0.4, -0.2) is 24.2 Å². The van der Waals surface area contributed by atoms with Gasteiger partial charge in [0.15, 0.2) is 18.1 Å². The maximum Gasteiger partial charge on any atom is 0.262 e. The van der Waals surface area contributed by atoms with Gasteiger partial charge in [-0.3, -0.25) is 14.4 Å². The summed E-state index contributed by atoms with van der Waals surface area (Å²) in [4.78, 5) is 35.4. The molecular formula is C18H15FN2O4. The Morgan fingerprint density at radius 3 is 2.64 bits per heavy atom. The number of ether oxygens (including phenoxy) is 1. The van der Waals surface area contributed by atoms with Gasteiger partial charge in [-0.1, -0.05) is 6.07 Å². The Hall–Kier alpha value is -3.22. The number of rotatable bonds is 5. The van der Waals surface area contributed by atoms with Gasteiger partial charge in [-0.25, -0.2) is 4.39 Å². The fourth-order valence-electron chi connectivity index (χ4n) is 2.43. The van der Waals surface area contributed by atoms with E-state index in [0.717, 1.165) is 0 Å². The van der Waals surface area contributed by atoms with Crippen LogP contribution in [0.2, 0.25) is 0 Å². The number of halogens is 1. The van der Waals surface area contributed by atoms with Crippen molar-refractivity contribution < 1.29 is 23.5 Å². The molecule has 0 saturated heterocycles. The van der Waals surface area contributed by atoms with Crippen LogP contribution in [0.25, 0.3) is 0 Å². The number of benzene rings is 2. The summed E-state index contributed by atoms with van der Waals surface area (Å²) in [6.45, 7) is -0.122. The van der Waals surface area contributed by atoms with Crippen molar-refractivity contribution in [2.24, 2.45) is 0 Å². The zero-order valence-electron chi connectivity index (χ0n) is 13.2. The van der Waals surface area contributed by atoms with Crippen molar-refractivity contribution in [3.63, 3.8) is 0 Å². The van der Waals surface area contributed by atoms with Crippen molar-refractivity contribution in [2.45, 2.75) is 12.8 Å². The van der Waals surface area contributed by atoms with Crippen molar-refractivity contribution in [3.05, 3.63) is 53.8 Å². The van der Waals surface area contributed by atoms with E-state index in [2.05, 4.69) is 10.6 Å². The van der Waals surface area contributed by atoms with Gasteiger partial charge in [0, 0.05) is 18.4 Å². The van der Waals surface area contributed by atoms with Crippen LogP contribution >= 0.6 is 0 Å². The van der Waals surface area contributed by atoms with Crippen molar-refractivity contribution in [1.82, 2.24) is 0 Å². The van der Waals surface area contributed by atoms with Crippen LogP contribution in [0.3, 0.4) is 0 Å². The number of hydrogen-bond donors (Lipinski definition) is 2. The number of Topliss-reactive ketones (excluding diaryl/α,β-unsaturated/α-hetero) is 1. The Balaban J connectivity index is 1.60. The number of carbonyl (C=O) groups excluding carboxylic acids is 3. The molecule has 1 aliphatic heterocycles. The highest BCUT2D eigenvalue weighted by Crippen LogP contribution is 2.35. The largest absolute Gasteiger partial charge is 0.479 e. The first-order valence-corrected chi connectivity index (χ1v) is 7.67. The van der Waals surface area contributed by atoms with E-state index in [1.54, 1.807) is 18.2 Å². The number of para-hydroxylation sites is 1. The molecule has 7 heteroatoms. The van der Waals surface area contributed by atoms with E-state index in [1.165, 1.54) is 24.3 Å². The molecule has 2 aromatic rings.